The van der Waals surface area contributed by atoms with Crippen molar-refractivity contribution in [2.24, 2.45) is 0 Å². The first kappa shape index (κ1) is 17.5. The zero-order chi connectivity index (χ0) is 19.3. The lowest BCUT2D eigenvalue weighted by molar-refractivity contribution is 0.102. The molecule has 0 spiro atoms. The van der Waals surface area contributed by atoms with Gasteiger partial charge in [-0.25, -0.2) is 0 Å². The molecule has 4 aromatic rings. The van der Waals surface area contributed by atoms with Crippen molar-refractivity contribution in [1.29, 1.82) is 0 Å². The number of aromatic nitrogens is 2. The smallest absolute Gasteiger partial charge is 0.259 e. The van der Waals surface area contributed by atoms with Crippen LogP contribution in [0.15, 0.2) is 91.1 Å². The minimum absolute atomic E-state index is 0.152. The molecule has 1 amide bonds. The van der Waals surface area contributed by atoms with Gasteiger partial charge in [0.1, 0.15) is 11.4 Å². The Balaban J connectivity index is 1.67. The summed E-state index contributed by atoms with van der Waals surface area (Å²) >= 11 is 0. The van der Waals surface area contributed by atoms with E-state index in [0.29, 0.717) is 23.5 Å². The number of benzene rings is 3. The molecule has 0 aliphatic rings. The van der Waals surface area contributed by atoms with E-state index in [1.54, 1.807) is 23.0 Å². The van der Waals surface area contributed by atoms with E-state index in [1.807, 2.05) is 60.7 Å². The number of hydrogen-bond donors (Lipinski definition) is 2. The van der Waals surface area contributed by atoms with Crippen molar-refractivity contribution >= 4 is 11.6 Å². The molecule has 5 heteroatoms. The van der Waals surface area contributed by atoms with Gasteiger partial charge in [0, 0.05) is 17.4 Å². The maximum atomic E-state index is 12.9. The normalized spacial score (nSPS) is 10.6. The van der Waals surface area contributed by atoms with Crippen LogP contribution in [0.5, 0.6) is 5.75 Å². The molecule has 28 heavy (non-hydrogen) atoms. The van der Waals surface area contributed by atoms with E-state index in [-0.39, 0.29) is 11.7 Å². The first-order valence-corrected chi connectivity index (χ1v) is 8.96. The van der Waals surface area contributed by atoms with Gasteiger partial charge in [0.2, 0.25) is 0 Å². The van der Waals surface area contributed by atoms with Crippen LogP contribution in [0.2, 0.25) is 0 Å². The Morgan fingerprint density at radius 1 is 0.893 bits per heavy atom. The summed E-state index contributed by atoms with van der Waals surface area (Å²) in [5, 5.41) is 17.0. The quantitative estimate of drug-likeness (QED) is 0.507. The van der Waals surface area contributed by atoms with Crippen LogP contribution in [-0.2, 0) is 6.54 Å². The van der Waals surface area contributed by atoms with Crippen LogP contribution in [0.25, 0.3) is 11.3 Å². The molecule has 0 fully saturated rings. The number of aromatic hydroxyl groups is 1. The number of carbonyl (C=O) groups excluding carboxylic acids is 1. The standard InChI is InChI=1S/C23H19N3O2/c27-20-13-11-19(12-14-20)24-23(28)21-16-26(15-17-7-3-1-4-8-17)25-22(21)18-9-5-2-6-10-18/h1-14,16,27H,15H2,(H,24,28). The van der Waals surface area contributed by atoms with E-state index in [2.05, 4.69) is 10.4 Å². The van der Waals surface area contributed by atoms with Crippen molar-refractivity contribution in [2.75, 3.05) is 5.32 Å². The van der Waals surface area contributed by atoms with Crippen LogP contribution in [0, 0.1) is 0 Å². The van der Waals surface area contributed by atoms with Crippen molar-refractivity contribution in [3.63, 3.8) is 0 Å². The van der Waals surface area contributed by atoms with Gasteiger partial charge in [-0.3, -0.25) is 9.48 Å². The average molecular weight is 369 g/mol. The Labute approximate surface area is 162 Å². The van der Waals surface area contributed by atoms with E-state index in [1.165, 1.54) is 12.1 Å². The molecule has 0 bridgehead atoms. The summed E-state index contributed by atoms with van der Waals surface area (Å²) in [5.74, 6) is -0.0949. The summed E-state index contributed by atoms with van der Waals surface area (Å²) in [4.78, 5) is 12.9. The van der Waals surface area contributed by atoms with Gasteiger partial charge in [-0.1, -0.05) is 60.7 Å². The van der Waals surface area contributed by atoms with E-state index >= 15 is 0 Å². The highest BCUT2D eigenvalue weighted by Gasteiger charge is 2.18. The fraction of sp³-hybridized carbons (Fsp3) is 0.0435. The Kier molecular flexibility index (Phi) is 4.89. The molecule has 0 aliphatic carbocycles. The van der Waals surface area contributed by atoms with Gasteiger partial charge >= 0.3 is 0 Å². The number of rotatable bonds is 5. The van der Waals surface area contributed by atoms with E-state index in [9.17, 15) is 9.90 Å². The molecule has 0 aliphatic heterocycles. The molecule has 138 valence electrons. The minimum atomic E-state index is -0.246. The first-order chi connectivity index (χ1) is 13.7. The van der Waals surface area contributed by atoms with Gasteiger partial charge in [0.15, 0.2) is 0 Å². The molecule has 0 radical (unpaired) electrons. The summed E-state index contributed by atoms with van der Waals surface area (Å²) in [6, 6.07) is 26.0. The third-order valence-corrected chi connectivity index (χ3v) is 4.37. The number of anilines is 1. The molecule has 1 aromatic heterocycles. The second-order valence-electron chi connectivity index (χ2n) is 6.44. The number of phenols is 1. The van der Waals surface area contributed by atoms with Crippen molar-refractivity contribution in [3.8, 4) is 17.0 Å². The van der Waals surface area contributed by atoms with Crippen LogP contribution in [0.4, 0.5) is 5.69 Å². The van der Waals surface area contributed by atoms with Crippen LogP contribution in [0.1, 0.15) is 15.9 Å². The summed E-state index contributed by atoms with van der Waals surface area (Å²) in [7, 11) is 0. The van der Waals surface area contributed by atoms with Crippen molar-refractivity contribution in [2.45, 2.75) is 6.54 Å². The van der Waals surface area contributed by atoms with Gasteiger partial charge in [0.25, 0.3) is 5.91 Å². The Hall–Kier alpha value is -3.86. The molecular formula is C23H19N3O2. The monoisotopic (exact) mass is 369 g/mol. The lowest BCUT2D eigenvalue weighted by atomic mass is 10.1. The predicted molar refractivity (Wildman–Crippen MR) is 109 cm³/mol. The third-order valence-electron chi connectivity index (χ3n) is 4.37. The summed E-state index contributed by atoms with van der Waals surface area (Å²) < 4.78 is 1.78. The molecule has 4 rings (SSSR count). The topological polar surface area (TPSA) is 67.2 Å². The van der Waals surface area contributed by atoms with Gasteiger partial charge in [-0.15, -0.1) is 0 Å². The third kappa shape index (κ3) is 3.94. The highest BCUT2D eigenvalue weighted by atomic mass is 16.3. The zero-order valence-electron chi connectivity index (χ0n) is 15.1. The van der Waals surface area contributed by atoms with Crippen molar-refractivity contribution in [1.82, 2.24) is 9.78 Å². The number of hydrogen-bond acceptors (Lipinski definition) is 3. The number of carbonyl (C=O) groups is 1. The van der Waals surface area contributed by atoms with Crippen LogP contribution in [0.3, 0.4) is 0 Å². The highest BCUT2D eigenvalue weighted by molar-refractivity contribution is 6.08. The average Bonchev–Trinajstić information content (AvgIpc) is 3.15. The Morgan fingerprint density at radius 2 is 1.54 bits per heavy atom. The summed E-state index contributed by atoms with van der Waals surface area (Å²) in [6.45, 7) is 0.577. The first-order valence-electron chi connectivity index (χ1n) is 8.96. The molecule has 0 unspecified atom stereocenters. The number of amides is 1. The summed E-state index contributed by atoms with van der Waals surface area (Å²) in [6.07, 6.45) is 1.77. The lowest BCUT2D eigenvalue weighted by Gasteiger charge is -2.05. The molecule has 0 saturated heterocycles. The van der Waals surface area contributed by atoms with Crippen LogP contribution in [-0.4, -0.2) is 20.8 Å². The Morgan fingerprint density at radius 3 is 2.21 bits per heavy atom. The van der Waals surface area contributed by atoms with Gasteiger partial charge in [0.05, 0.1) is 12.1 Å². The maximum Gasteiger partial charge on any atom is 0.259 e. The largest absolute Gasteiger partial charge is 0.508 e. The fourth-order valence-electron chi connectivity index (χ4n) is 2.99. The van der Waals surface area contributed by atoms with E-state index in [0.717, 1.165) is 11.1 Å². The number of phenolic OH excluding ortho intramolecular Hbond substituents is 1. The second kappa shape index (κ2) is 7.80. The molecule has 2 N–H and O–H groups in total. The molecular weight excluding hydrogens is 350 g/mol. The molecule has 5 nitrogen and oxygen atoms in total. The van der Waals surface area contributed by atoms with E-state index < -0.39 is 0 Å². The van der Waals surface area contributed by atoms with Crippen molar-refractivity contribution in [3.05, 3.63) is 102 Å². The van der Waals surface area contributed by atoms with Gasteiger partial charge < -0.3 is 10.4 Å². The minimum Gasteiger partial charge on any atom is -0.508 e. The molecule has 3 aromatic carbocycles. The van der Waals surface area contributed by atoms with Crippen molar-refractivity contribution < 1.29 is 9.90 Å². The zero-order valence-corrected chi connectivity index (χ0v) is 15.1. The lowest BCUT2D eigenvalue weighted by Crippen LogP contribution is -2.12. The number of nitrogens with zero attached hydrogens (tertiary/aromatic N) is 2. The SMILES string of the molecule is O=C(Nc1ccc(O)cc1)c1cn(Cc2ccccc2)nc1-c1ccccc1. The Bertz CT molecular complexity index is 1070. The van der Waals surface area contributed by atoms with Crippen LogP contribution >= 0.6 is 0 Å². The van der Waals surface area contributed by atoms with Gasteiger partial charge in [-0.05, 0) is 29.8 Å². The molecule has 0 atom stereocenters. The predicted octanol–water partition coefficient (Wildman–Crippen LogP) is 4.56. The maximum absolute atomic E-state index is 12.9. The fourth-order valence-corrected chi connectivity index (χ4v) is 2.99. The number of nitrogens with one attached hydrogen (secondary N) is 1. The van der Waals surface area contributed by atoms with Crippen LogP contribution < -0.4 is 5.32 Å². The van der Waals surface area contributed by atoms with Gasteiger partial charge in [-0.2, -0.15) is 5.10 Å². The molecule has 1 heterocycles. The highest BCUT2D eigenvalue weighted by Crippen LogP contribution is 2.24. The molecule has 0 saturated carbocycles. The summed E-state index contributed by atoms with van der Waals surface area (Å²) in [5.41, 5.74) is 3.72. The second-order valence-corrected chi connectivity index (χ2v) is 6.44. The van der Waals surface area contributed by atoms with E-state index in [4.69, 9.17) is 0 Å².